The molecule has 1 amide bonds. The van der Waals surface area contributed by atoms with E-state index in [-0.39, 0.29) is 31.6 Å². The van der Waals surface area contributed by atoms with E-state index in [0.717, 1.165) is 11.1 Å². The van der Waals surface area contributed by atoms with Gasteiger partial charge in [0.25, 0.3) is 0 Å². The van der Waals surface area contributed by atoms with E-state index in [1.807, 2.05) is 60.7 Å². The molecule has 126 valence electrons. The first kappa shape index (κ1) is 17.5. The van der Waals surface area contributed by atoms with Gasteiger partial charge in [-0.25, -0.2) is 4.79 Å². The van der Waals surface area contributed by atoms with Crippen molar-refractivity contribution in [1.29, 1.82) is 0 Å². The highest BCUT2D eigenvalue weighted by Gasteiger charge is 2.14. The normalized spacial score (nSPS) is 11.4. The topological polar surface area (TPSA) is 64.6 Å². The number of carbonyl (C=O) groups is 2. The zero-order chi connectivity index (χ0) is 17.2. The first-order chi connectivity index (χ1) is 11.6. The molecule has 1 atom stereocenters. The zero-order valence-electron chi connectivity index (χ0n) is 13.6. The SMILES string of the molecule is CC(CC(=O)OCc1ccccc1)NC(=O)OCc1ccccc1. The number of benzene rings is 2. The predicted octanol–water partition coefficient (Wildman–Crippen LogP) is 3.43. The van der Waals surface area contributed by atoms with Gasteiger partial charge < -0.3 is 14.8 Å². The molecule has 2 rings (SSSR count). The summed E-state index contributed by atoms with van der Waals surface area (Å²) in [6, 6.07) is 18.5. The molecule has 0 saturated heterocycles. The molecule has 2 aromatic carbocycles. The smallest absolute Gasteiger partial charge is 0.407 e. The van der Waals surface area contributed by atoms with Crippen LogP contribution >= 0.6 is 0 Å². The van der Waals surface area contributed by atoms with Gasteiger partial charge >= 0.3 is 12.1 Å². The van der Waals surface area contributed by atoms with Crippen molar-refractivity contribution in [2.75, 3.05) is 0 Å². The Kier molecular flexibility index (Phi) is 6.83. The molecule has 1 N–H and O–H groups in total. The quantitative estimate of drug-likeness (QED) is 0.791. The zero-order valence-corrected chi connectivity index (χ0v) is 13.6. The van der Waals surface area contributed by atoms with E-state index in [4.69, 9.17) is 9.47 Å². The standard InChI is InChI=1S/C19H21NO4/c1-15(12-18(21)23-13-16-8-4-2-5-9-16)20-19(22)24-14-17-10-6-3-7-11-17/h2-11,15H,12-14H2,1H3,(H,20,22). The lowest BCUT2D eigenvalue weighted by molar-refractivity contribution is -0.145. The fraction of sp³-hybridized carbons (Fsp3) is 0.263. The van der Waals surface area contributed by atoms with Gasteiger partial charge in [0.1, 0.15) is 13.2 Å². The number of ether oxygens (including phenoxy) is 2. The Bertz CT molecular complexity index is 585. The number of amides is 1. The number of esters is 1. The number of alkyl carbamates (subject to hydrolysis) is 1. The van der Waals surface area contributed by atoms with Crippen LogP contribution in [0.4, 0.5) is 4.79 Å². The highest BCUT2D eigenvalue weighted by atomic mass is 16.5. The lowest BCUT2D eigenvalue weighted by atomic mass is 10.2. The molecule has 1 unspecified atom stereocenters. The first-order valence-corrected chi connectivity index (χ1v) is 7.80. The molecule has 0 aliphatic carbocycles. The van der Waals surface area contributed by atoms with Crippen molar-refractivity contribution in [3.05, 3.63) is 71.8 Å². The maximum Gasteiger partial charge on any atom is 0.407 e. The van der Waals surface area contributed by atoms with E-state index in [1.54, 1.807) is 6.92 Å². The molecule has 0 aliphatic rings. The van der Waals surface area contributed by atoms with E-state index in [2.05, 4.69) is 5.32 Å². The van der Waals surface area contributed by atoms with Gasteiger partial charge in [0, 0.05) is 6.04 Å². The number of nitrogens with one attached hydrogen (secondary N) is 1. The van der Waals surface area contributed by atoms with E-state index in [9.17, 15) is 9.59 Å². The molecule has 0 heterocycles. The van der Waals surface area contributed by atoms with Crippen molar-refractivity contribution < 1.29 is 19.1 Å². The molecule has 0 aromatic heterocycles. The molecule has 24 heavy (non-hydrogen) atoms. The van der Waals surface area contributed by atoms with E-state index in [1.165, 1.54) is 0 Å². The Morgan fingerprint density at radius 1 is 0.875 bits per heavy atom. The van der Waals surface area contributed by atoms with Gasteiger partial charge in [-0.15, -0.1) is 0 Å². The fourth-order valence-corrected chi connectivity index (χ4v) is 2.06. The summed E-state index contributed by atoms with van der Waals surface area (Å²) in [6.45, 7) is 2.15. The van der Waals surface area contributed by atoms with Crippen LogP contribution in [0.15, 0.2) is 60.7 Å². The van der Waals surface area contributed by atoms with Crippen LogP contribution in [0.2, 0.25) is 0 Å². The van der Waals surface area contributed by atoms with Crippen LogP contribution in [0, 0.1) is 0 Å². The molecule has 0 spiro atoms. The van der Waals surface area contributed by atoms with Crippen LogP contribution in [0.5, 0.6) is 0 Å². The second kappa shape index (κ2) is 9.35. The van der Waals surface area contributed by atoms with Crippen molar-refractivity contribution in [3.8, 4) is 0 Å². The minimum absolute atomic E-state index is 0.0905. The Labute approximate surface area is 141 Å². The summed E-state index contributed by atoms with van der Waals surface area (Å²) in [6.07, 6.45) is -0.463. The van der Waals surface area contributed by atoms with Gasteiger partial charge in [-0.1, -0.05) is 60.7 Å². The summed E-state index contributed by atoms with van der Waals surface area (Å²) in [5.41, 5.74) is 1.83. The third-order valence-corrected chi connectivity index (χ3v) is 3.29. The second-order valence-corrected chi connectivity index (χ2v) is 5.46. The highest BCUT2D eigenvalue weighted by Crippen LogP contribution is 2.04. The Morgan fingerprint density at radius 3 is 1.92 bits per heavy atom. The van der Waals surface area contributed by atoms with Gasteiger partial charge in [-0.2, -0.15) is 0 Å². The van der Waals surface area contributed by atoms with Gasteiger partial charge in [-0.05, 0) is 18.1 Å². The number of hydrogen-bond donors (Lipinski definition) is 1. The van der Waals surface area contributed by atoms with Gasteiger partial charge in [0.15, 0.2) is 0 Å². The van der Waals surface area contributed by atoms with E-state index >= 15 is 0 Å². The summed E-state index contributed by atoms with van der Waals surface area (Å²) in [5, 5.41) is 2.62. The molecule has 0 saturated carbocycles. The van der Waals surface area contributed by atoms with Crippen molar-refractivity contribution in [2.24, 2.45) is 0 Å². The third-order valence-electron chi connectivity index (χ3n) is 3.29. The number of rotatable bonds is 7. The summed E-state index contributed by atoms with van der Waals surface area (Å²) < 4.78 is 10.3. The monoisotopic (exact) mass is 327 g/mol. The molecule has 0 radical (unpaired) electrons. The molecular formula is C19H21NO4. The predicted molar refractivity (Wildman–Crippen MR) is 90.1 cm³/mol. The minimum atomic E-state index is -0.554. The van der Waals surface area contributed by atoms with Gasteiger partial charge in [-0.3, -0.25) is 4.79 Å². The van der Waals surface area contributed by atoms with Crippen LogP contribution in [-0.2, 0) is 27.5 Å². The van der Waals surface area contributed by atoms with Gasteiger partial charge in [0.05, 0.1) is 6.42 Å². The Morgan fingerprint density at radius 2 is 1.38 bits per heavy atom. The Balaban J connectivity index is 1.65. The molecule has 0 fully saturated rings. The largest absolute Gasteiger partial charge is 0.461 e. The van der Waals surface area contributed by atoms with E-state index < -0.39 is 6.09 Å². The molecule has 5 nitrogen and oxygen atoms in total. The molecule has 5 heteroatoms. The second-order valence-electron chi connectivity index (χ2n) is 5.46. The summed E-state index contributed by atoms with van der Waals surface area (Å²) in [7, 11) is 0. The van der Waals surface area contributed by atoms with Crippen molar-refractivity contribution >= 4 is 12.1 Å². The summed E-state index contributed by atoms with van der Waals surface area (Å²) in [5.74, 6) is -0.366. The average Bonchev–Trinajstić information content (AvgIpc) is 2.60. The van der Waals surface area contributed by atoms with Crippen molar-refractivity contribution in [3.63, 3.8) is 0 Å². The maximum absolute atomic E-state index is 11.8. The van der Waals surface area contributed by atoms with Crippen LogP contribution < -0.4 is 5.32 Å². The fourth-order valence-electron chi connectivity index (χ4n) is 2.06. The number of carbonyl (C=O) groups excluding carboxylic acids is 2. The van der Waals surface area contributed by atoms with E-state index in [0.29, 0.717) is 0 Å². The lowest BCUT2D eigenvalue weighted by Gasteiger charge is -2.13. The third kappa shape index (κ3) is 6.52. The molecule has 2 aromatic rings. The van der Waals surface area contributed by atoms with Crippen LogP contribution in [-0.4, -0.2) is 18.1 Å². The molecule has 0 bridgehead atoms. The maximum atomic E-state index is 11.8. The summed E-state index contributed by atoms with van der Waals surface area (Å²) in [4.78, 5) is 23.5. The lowest BCUT2D eigenvalue weighted by Crippen LogP contribution is -2.34. The number of hydrogen-bond acceptors (Lipinski definition) is 4. The van der Waals surface area contributed by atoms with Crippen LogP contribution in [0.25, 0.3) is 0 Å². The molecule has 0 aliphatic heterocycles. The average molecular weight is 327 g/mol. The van der Waals surface area contributed by atoms with Crippen LogP contribution in [0.3, 0.4) is 0 Å². The van der Waals surface area contributed by atoms with Crippen molar-refractivity contribution in [1.82, 2.24) is 5.32 Å². The first-order valence-electron chi connectivity index (χ1n) is 7.80. The summed E-state index contributed by atoms with van der Waals surface area (Å²) >= 11 is 0. The minimum Gasteiger partial charge on any atom is -0.461 e. The Hall–Kier alpha value is -2.82. The van der Waals surface area contributed by atoms with Crippen molar-refractivity contribution in [2.45, 2.75) is 32.6 Å². The highest BCUT2D eigenvalue weighted by molar-refractivity contribution is 5.72. The van der Waals surface area contributed by atoms with Gasteiger partial charge in [0.2, 0.25) is 0 Å². The molecular weight excluding hydrogens is 306 g/mol. The van der Waals surface area contributed by atoms with Crippen LogP contribution in [0.1, 0.15) is 24.5 Å².